The molecular weight excluding hydrogens is 318 g/mol. The highest BCUT2D eigenvalue weighted by Gasteiger charge is 2.17. The second-order valence-corrected chi connectivity index (χ2v) is 5.95. The fraction of sp³-hybridized carbons (Fsp3) is 0.158. The molecule has 0 radical (unpaired) electrons. The Hall–Kier alpha value is -2.84. The average Bonchev–Trinajstić information content (AvgIpc) is 3.12. The summed E-state index contributed by atoms with van der Waals surface area (Å²) in [6.07, 6.45) is 7.82. The van der Waals surface area contributed by atoms with Crippen LogP contribution in [0.5, 0.6) is 5.75 Å². The largest absolute Gasteiger partial charge is 0.496 e. The van der Waals surface area contributed by atoms with Crippen LogP contribution in [0.15, 0.2) is 59.8 Å². The zero-order valence-corrected chi connectivity index (χ0v) is 14.4. The van der Waals surface area contributed by atoms with Crippen molar-refractivity contribution in [3.63, 3.8) is 0 Å². The van der Waals surface area contributed by atoms with E-state index in [1.807, 2.05) is 59.0 Å². The van der Waals surface area contributed by atoms with Gasteiger partial charge in [-0.2, -0.15) is 5.26 Å². The maximum atomic E-state index is 9.68. The Morgan fingerprint density at radius 2 is 2.17 bits per heavy atom. The maximum Gasteiger partial charge on any atom is 0.136 e. The van der Waals surface area contributed by atoms with Gasteiger partial charge in [0.2, 0.25) is 0 Å². The predicted octanol–water partition coefficient (Wildman–Crippen LogP) is 4.46. The molecular formula is C19H17N3OS. The van der Waals surface area contributed by atoms with Gasteiger partial charge in [-0.3, -0.25) is 0 Å². The van der Waals surface area contributed by atoms with Gasteiger partial charge in [-0.25, -0.2) is 4.98 Å². The Morgan fingerprint density at radius 1 is 1.33 bits per heavy atom. The minimum Gasteiger partial charge on any atom is -0.496 e. The summed E-state index contributed by atoms with van der Waals surface area (Å²) in [7, 11) is 1.65. The van der Waals surface area contributed by atoms with Crippen LogP contribution < -0.4 is 4.74 Å². The van der Waals surface area contributed by atoms with Gasteiger partial charge in [0.1, 0.15) is 22.4 Å². The fourth-order valence-electron chi connectivity index (χ4n) is 2.56. The van der Waals surface area contributed by atoms with Gasteiger partial charge in [0, 0.05) is 23.7 Å². The standard InChI is InChI=1S/C19H17N3OS/c1-3-22-11-7-6-9-17(22)15(12-20)19-21-16(13-24-19)14-8-4-5-10-18(14)23-2/h4-11,13H,3H2,1-2H3. The number of nitriles is 1. The van der Waals surface area contributed by atoms with Crippen molar-refractivity contribution in [1.29, 1.82) is 5.26 Å². The third kappa shape index (κ3) is 2.97. The second-order valence-electron chi connectivity index (χ2n) is 5.10. The zero-order chi connectivity index (χ0) is 16.9. The molecule has 0 aliphatic carbocycles. The van der Waals surface area contributed by atoms with Crippen LogP contribution in [0, 0.1) is 11.3 Å². The number of para-hydroxylation sites is 1. The third-order valence-electron chi connectivity index (χ3n) is 3.75. The predicted molar refractivity (Wildman–Crippen MR) is 97.3 cm³/mol. The van der Waals surface area contributed by atoms with Crippen LogP contribution in [0.1, 0.15) is 11.9 Å². The van der Waals surface area contributed by atoms with E-state index in [0.717, 1.165) is 29.2 Å². The van der Waals surface area contributed by atoms with E-state index in [-0.39, 0.29) is 0 Å². The number of nitrogens with zero attached hydrogens (tertiary/aromatic N) is 3. The van der Waals surface area contributed by atoms with E-state index >= 15 is 0 Å². The van der Waals surface area contributed by atoms with Crippen molar-refractivity contribution in [3.05, 3.63) is 64.8 Å². The van der Waals surface area contributed by atoms with Crippen LogP contribution in [0.4, 0.5) is 0 Å². The average molecular weight is 335 g/mol. The number of rotatable bonds is 4. The van der Waals surface area contributed by atoms with Crippen LogP contribution in [0.3, 0.4) is 0 Å². The summed E-state index contributed by atoms with van der Waals surface area (Å²) in [6, 6.07) is 10.1. The molecule has 120 valence electrons. The lowest BCUT2D eigenvalue weighted by molar-refractivity contribution is 0.416. The lowest BCUT2D eigenvalue weighted by atomic mass is 10.1. The number of benzene rings is 1. The lowest BCUT2D eigenvalue weighted by Gasteiger charge is -2.22. The SMILES string of the molecule is CCN1C=CC=CC1=C(C#N)c1nc(-c2ccccc2OC)cs1. The summed E-state index contributed by atoms with van der Waals surface area (Å²) in [5.74, 6) is 0.774. The monoisotopic (exact) mass is 335 g/mol. The van der Waals surface area contributed by atoms with Crippen molar-refractivity contribution in [1.82, 2.24) is 9.88 Å². The number of aromatic nitrogens is 1. The number of ether oxygens (including phenoxy) is 1. The summed E-state index contributed by atoms with van der Waals surface area (Å²) in [5.41, 5.74) is 3.21. The van der Waals surface area contributed by atoms with Crippen molar-refractivity contribution in [2.24, 2.45) is 0 Å². The molecule has 0 saturated heterocycles. The van der Waals surface area contributed by atoms with Gasteiger partial charge in [-0.05, 0) is 31.2 Å². The minimum absolute atomic E-state index is 0.587. The second kappa shape index (κ2) is 7.16. The Balaban J connectivity index is 2.05. The van der Waals surface area contributed by atoms with Crippen LogP contribution in [0.2, 0.25) is 0 Å². The van der Waals surface area contributed by atoms with E-state index in [2.05, 4.69) is 18.0 Å². The topological polar surface area (TPSA) is 49.2 Å². The molecule has 0 unspecified atom stereocenters. The molecule has 24 heavy (non-hydrogen) atoms. The summed E-state index contributed by atoms with van der Waals surface area (Å²) >= 11 is 1.47. The van der Waals surface area contributed by atoms with E-state index < -0.39 is 0 Å². The van der Waals surface area contributed by atoms with E-state index in [1.54, 1.807) is 7.11 Å². The number of methoxy groups -OCH3 is 1. The summed E-state index contributed by atoms with van der Waals surface area (Å²) in [5, 5.41) is 12.4. The van der Waals surface area contributed by atoms with E-state index in [9.17, 15) is 5.26 Å². The fourth-order valence-corrected chi connectivity index (χ4v) is 3.38. The van der Waals surface area contributed by atoms with Gasteiger partial charge in [0.05, 0.1) is 18.5 Å². The van der Waals surface area contributed by atoms with E-state index in [4.69, 9.17) is 4.74 Å². The van der Waals surface area contributed by atoms with Gasteiger partial charge in [-0.1, -0.05) is 18.2 Å². The van der Waals surface area contributed by atoms with Crippen molar-refractivity contribution >= 4 is 16.9 Å². The van der Waals surface area contributed by atoms with Crippen molar-refractivity contribution < 1.29 is 4.74 Å². The molecule has 5 heteroatoms. The molecule has 0 spiro atoms. The highest BCUT2D eigenvalue weighted by Crippen LogP contribution is 2.33. The Kier molecular flexibility index (Phi) is 4.78. The lowest BCUT2D eigenvalue weighted by Crippen LogP contribution is -2.17. The molecule has 0 fully saturated rings. The number of hydrogen-bond donors (Lipinski definition) is 0. The maximum absolute atomic E-state index is 9.68. The summed E-state index contributed by atoms with van der Waals surface area (Å²) in [4.78, 5) is 6.72. The molecule has 1 aromatic heterocycles. The third-order valence-corrected chi connectivity index (χ3v) is 4.61. The first-order chi connectivity index (χ1) is 11.8. The Bertz CT molecular complexity index is 871. The molecule has 0 saturated carbocycles. The van der Waals surface area contributed by atoms with Crippen LogP contribution in [-0.2, 0) is 0 Å². The molecule has 1 aliphatic rings. The van der Waals surface area contributed by atoms with Crippen LogP contribution >= 0.6 is 11.3 Å². The minimum atomic E-state index is 0.587. The van der Waals surface area contributed by atoms with Crippen molar-refractivity contribution in [2.75, 3.05) is 13.7 Å². The highest BCUT2D eigenvalue weighted by molar-refractivity contribution is 7.11. The van der Waals surface area contributed by atoms with Crippen molar-refractivity contribution in [2.45, 2.75) is 6.92 Å². The molecule has 4 nitrogen and oxygen atoms in total. The number of likely N-dealkylation sites (N-methyl/N-ethyl adjacent to an activating group) is 1. The smallest absolute Gasteiger partial charge is 0.136 e. The molecule has 2 aromatic rings. The van der Waals surface area contributed by atoms with Crippen LogP contribution in [0.25, 0.3) is 16.8 Å². The van der Waals surface area contributed by atoms with Crippen LogP contribution in [-0.4, -0.2) is 23.5 Å². The number of thiazole rings is 1. The summed E-state index contributed by atoms with van der Waals surface area (Å²) in [6.45, 7) is 2.85. The number of allylic oxidation sites excluding steroid dienone is 4. The van der Waals surface area contributed by atoms with E-state index in [1.165, 1.54) is 11.3 Å². The molecule has 0 atom stereocenters. The van der Waals surface area contributed by atoms with Gasteiger partial charge in [-0.15, -0.1) is 11.3 Å². The Morgan fingerprint density at radius 3 is 2.92 bits per heavy atom. The molecule has 0 bridgehead atoms. The van der Waals surface area contributed by atoms with Gasteiger partial charge in [0.25, 0.3) is 0 Å². The first-order valence-corrected chi connectivity index (χ1v) is 8.51. The normalized spacial score (nSPS) is 15.3. The molecule has 2 heterocycles. The molecule has 1 aliphatic heterocycles. The molecule has 0 N–H and O–H groups in total. The first-order valence-electron chi connectivity index (χ1n) is 7.63. The quantitative estimate of drug-likeness (QED) is 0.774. The van der Waals surface area contributed by atoms with E-state index in [0.29, 0.717) is 10.6 Å². The molecule has 0 amide bonds. The zero-order valence-electron chi connectivity index (χ0n) is 13.6. The van der Waals surface area contributed by atoms with Gasteiger partial charge < -0.3 is 9.64 Å². The molecule has 1 aromatic carbocycles. The summed E-state index contributed by atoms with van der Waals surface area (Å²) < 4.78 is 5.41. The van der Waals surface area contributed by atoms with Gasteiger partial charge >= 0.3 is 0 Å². The van der Waals surface area contributed by atoms with Crippen molar-refractivity contribution in [3.8, 4) is 23.1 Å². The highest BCUT2D eigenvalue weighted by atomic mass is 32.1. The Labute approximate surface area is 145 Å². The number of hydrogen-bond acceptors (Lipinski definition) is 5. The first kappa shape index (κ1) is 16.0. The van der Waals surface area contributed by atoms with Gasteiger partial charge in [0.15, 0.2) is 0 Å². The molecule has 3 rings (SSSR count).